The molecule has 0 saturated carbocycles. The predicted molar refractivity (Wildman–Crippen MR) is 104 cm³/mol. The third kappa shape index (κ3) is 5.88. The molecular weight excluding hydrogens is 344 g/mol. The Bertz CT molecular complexity index is 768. The van der Waals surface area contributed by atoms with E-state index < -0.39 is 23.4 Å². The zero-order chi connectivity index (χ0) is 19.8. The van der Waals surface area contributed by atoms with E-state index in [0.717, 1.165) is 11.1 Å². The van der Waals surface area contributed by atoms with Crippen molar-refractivity contribution in [2.45, 2.75) is 33.1 Å². The molecule has 0 spiro atoms. The zero-order valence-corrected chi connectivity index (χ0v) is 15.4. The van der Waals surface area contributed by atoms with Crippen molar-refractivity contribution in [1.82, 2.24) is 0 Å². The van der Waals surface area contributed by atoms with Crippen molar-refractivity contribution >= 4 is 34.8 Å². The Morgan fingerprint density at radius 2 is 0.963 bits per heavy atom. The lowest BCUT2D eigenvalue weighted by molar-refractivity contribution is -0.134. The maximum atomic E-state index is 11.6. The Labute approximate surface area is 158 Å². The van der Waals surface area contributed by atoms with Gasteiger partial charge < -0.3 is 10.6 Å². The highest BCUT2D eigenvalue weighted by molar-refractivity contribution is 6.41. The highest BCUT2D eigenvalue weighted by Gasteiger charge is 2.12. The van der Waals surface area contributed by atoms with Crippen molar-refractivity contribution in [2.75, 3.05) is 10.6 Å². The molecule has 0 heterocycles. The summed E-state index contributed by atoms with van der Waals surface area (Å²) in [6.45, 7) is 3.28. The van der Waals surface area contributed by atoms with E-state index in [4.69, 9.17) is 0 Å². The van der Waals surface area contributed by atoms with Crippen LogP contribution >= 0.6 is 0 Å². The lowest BCUT2D eigenvalue weighted by Crippen LogP contribution is -2.21. The van der Waals surface area contributed by atoms with Crippen molar-refractivity contribution < 1.29 is 19.2 Å². The van der Waals surface area contributed by atoms with E-state index in [2.05, 4.69) is 10.6 Å². The van der Waals surface area contributed by atoms with Crippen molar-refractivity contribution in [3.05, 3.63) is 59.7 Å². The van der Waals surface area contributed by atoms with E-state index in [0.29, 0.717) is 17.8 Å². The van der Waals surface area contributed by atoms with Crippen molar-refractivity contribution in [2.24, 2.45) is 0 Å². The van der Waals surface area contributed by atoms with Gasteiger partial charge in [-0.15, -0.1) is 0 Å². The maximum Gasteiger partial charge on any atom is 0.291 e. The minimum Gasteiger partial charge on any atom is -0.319 e. The normalized spacial score (nSPS) is 10.1. The number of anilines is 2. The lowest BCUT2D eigenvalue weighted by Gasteiger charge is -2.07. The van der Waals surface area contributed by atoms with E-state index in [1.165, 1.54) is 0 Å². The minimum atomic E-state index is -0.607. The number of ketones is 2. The van der Waals surface area contributed by atoms with Crippen molar-refractivity contribution in [1.29, 1.82) is 0 Å². The first kappa shape index (κ1) is 20.0. The molecule has 2 aromatic rings. The molecule has 0 aliphatic carbocycles. The molecular formula is C21H22N2O4. The number of Topliss-reactive ketones (excluding diaryl/α,β-unsaturated/α-hetero) is 2. The van der Waals surface area contributed by atoms with Gasteiger partial charge in [-0.25, -0.2) is 0 Å². The summed E-state index contributed by atoms with van der Waals surface area (Å²) in [7, 11) is 0. The number of carbonyl (C=O) groups excluding carboxylic acids is 4. The second kappa shape index (κ2) is 9.43. The largest absolute Gasteiger partial charge is 0.319 e. The smallest absolute Gasteiger partial charge is 0.291 e. The summed E-state index contributed by atoms with van der Waals surface area (Å²) >= 11 is 0. The summed E-state index contributed by atoms with van der Waals surface area (Å²) in [6.07, 6.45) is 1.02. The highest BCUT2D eigenvalue weighted by atomic mass is 16.2. The Balaban J connectivity index is 1.95. The molecule has 2 rings (SSSR count). The molecule has 2 aromatic carbocycles. The number of amides is 2. The minimum absolute atomic E-state index is 0.174. The number of hydrogen-bond acceptors (Lipinski definition) is 4. The molecule has 6 nitrogen and oxygen atoms in total. The molecule has 0 saturated heterocycles. The van der Waals surface area contributed by atoms with Crippen LogP contribution in [-0.2, 0) is 25.6 Å². The second-order valence-electron chi connectivity index (χ2n) is 6.03. The molecule has 0 unspecified atom stereocenters. The van der Waals surface area contributed by atoms with Crippen LogP contribution in [-0.4, -0.2) is 23.4 Å². The fraction of sp³-hybridized carbons (Fsp3) is 0.238. The molecule has 0 aliphatic heterocycles. The number of carbonyl (C=O) groups is 4. The van der Waals surface area contributed by atoms with E-state index in [9.17, 15) is 19.2 Å². The Kier molecular flexibility index (Phi) is 7.00. The first-order valence-corrected chi connectivity index (χ1v) is 8.79. The molecule has 2 N–H and O–H groups in total. The first-order valence-electron chi connectivity index (χ1n) is 8.79. The topological polar surface area (TPSA) is 92.3 Å². The number of benzene rings is 2. The Hall–Kier alpha value is -3.28. The van der Waals surface area contributed by atoms with Gasteiger partial charge in [-0.05, 0) is 41.8 Å². The average molecular weight is 366 g/mol. The maximum absolute atomic E-state index is 11.6. The van der Waals surface area contributed by atoms with Gasteiger partial charge in [0.2, 0.25) is 11.6 Å². The van der Waals surface area contributed by atoms with Gasteiger partial charge in [0.1, 0.15) is 0 Å². The quantitative estimate of drug-likeness (QED) is 0.702. The van der Waals surface area contributed by atoms with Crippen LogP contribution in [0.2, 0.25) is 0 Å². The molecule has 2 amide bonds. The third-order valence-electron chi connectivity index (χ3n) is 3.98. The van der Waals surface area contributed by atoms with E-state index in [1.54, 1.807) is 38.1 Å². The van der Waals surface area contributed by atoms with Crippen LogP contribution < -0.4 is 10.6 Å². The average Bonchev–Trinajstić information content (AvgIpc) is 2.69. The molecule has 0 atom stereocenters. The van der Waals surface area contributed by atoms with Crippen LogP contribution in [0.4, 0.5) is 11.4 Å². The second-order valence-corrected chi connectivity index (χ2v) is 6.03. The highest BCUT2D eigenvalue weighted by Crippen LogP contribution is 2.16. The summed E-state index contributed by atoms with van der Waals surface area (Å²) in [5, 5.41) is 5.13. The van der Waals surface area contributed by atoms with Gasteiger partial charge in [-0.3, -0.25) is 19.2 Å². The molecule has 0 radical (unpaired) electrons. The summed E-state index contributed by atoms with van der Waals surface area (Å²) in [5.74, 6) is -2.12. The van der Waals surface area contributed by atoms with Crippen LogP contribution in [0, 0.1) is 0 Å². The van der Waals surface area contributed by atoms with Crippen molar-refractivity contribution in [3.63, 3.8) is 0 Å². The number of hydrogen-bond donors (Lipinski definition) is 2. The Morgan fingerprint density at radius 3 is 1.26 bits per heavy atom. The molecule has 140 valence electrons. The molecule has 0 bridgehead atoms. The molecule has 0 aromatic heterocycles. The van der Waals surface area contributed by atoms with E-state index >= 15 is 0 Å². The third-order valence-corrected chi connectivity index (χ3v) is 3.98. The molecule has 27 heavy (non-hydrogen) atoms. The van der Waals surface area contributed by atoms with Crippen molar-refractivity contribution in [3.8, 4) is 0 Å². The summed E-state index contributed by atoms with van der Waals surface area (Å²) < 4.78 is 0. The van der Waals surface area contributed by atoms with Gasteiger partial charge in [-0.2, -0.15) is 0 Å². The summed E-state index contributed by atoms with van der Waals surface area (Å²) in [5.41, 5.74) is 3.22. The monoisotopic (exact) mass is 366 g/mol. The van der Waals surface area contributed by atoms with Crippen LogP contribution in [0.15, 0.2) is 48.5 Å². The number of nitrogens with one attached hydrogen (secondary N) is 2. The SMILES string of the molecule is CCC(=O)C(=O)Nc1ccc(Cc2ccc(NC(=O)C(=O)CC)cc2)cc1. The Morgan fingerprint density at radius 1 is 0.630 bits per heavy atom. The molecule has 0 aliphatic rings. The first-order chi connectivity index (χ1) is 12.9. The standard InChI is InChI=1S/C21H22N2O4/c1-3-18(24)20(26)22-16-9-5-14(6-10-16)13-15-7-11-17(12-8-15)23-21(27)19(25)4-2/h5-12H,3-4,13H2,1-2H3,(H,22,26)(H,23,27). The van der Waals surface area contributed by atoms with Crippen LogP contribution in [0.3, 0.4) is 0 Å². The lowest BCUT2D eigenvalue weighted by atomic mass is 10.0. The van der Waals surface area contributed by atoms with Gasteiger partial charge in [0.05, 0.1) is 0 Å². The van der Waals surface area contributed by atoms with Gasteiger partial charge in [0.15, 0.2) is 0 Å². The van der Waals surface area contributed by atoms with Gasteiger partial charge in [0.25, 0.3) is 11.8 Å². The number of rotatable bonds is 8. The van der Waals surface area contributed by atoms with Gasteiger partial charge in [0, 0.05) is 24.2 Å². The molecule has 0 fully saturated rings. The van der Waals surface area contributed by atoms with E-state index in [1.807, 2.05) is 24.3 Å². The van der Waals surface area contributed by atoms with Gasteiger partial charge >= 0.3 is 0 Å². The van der Waals surface area contributed by atoms with Gasteiger partial charge in [-0.1, -0.05) is 38.1 Å². The fourth-order valence-corrected chi connectivity index (χ4v) is 2.37. The van der Waals surface area contributed by atoms with E-state index in [-0.39, 0.29) is 12.8 Å². The fourth-order valence-electron chi connectivity index (χ4n) is 2.37. The molecule has 6 heteroatoms. The van der Waals surface area contributed by atoms with Crippen LogP contribution in [0.5, 0.6) is 0 Å². The predicted octanol–water partition coefficient (Wildman–Crippen LogP) is 3.11. The summed E-state index contributed by atoms with van der Waals surface area (Å²) in [6, 6.07) is 14.5. The zero-order valence-electron chi connectivity index (χ0n) is 15.4. The van der Waals surface area contributed by atoms with Crippen LogP contribution in [0.1, 0.15) is 37.8 Å². The van der Waals surface area contributed by atoms with Crippen LogP contribution in [0.25, 0.3) is 0 Å². The summed E-state index contributed by atoms with van der Waals surface area (Å²) in [4.78, 5) is 45.8.